The minimum atomic E-state index is -0.297. The van der Waals surface area contributed by atoms with Crippen LogP contribution >= 0.6 is 0 Å². The van der Waals surface area contributed by atoms with Gasteiger partial charge in [0.25, 0.3) is 5.91 Å². The average Bonchev–Trinajstić information content (AvgIpc) is 3.22. The molecule has 28 heavy (non-hydrogen) atoms. The van der Waals surface area contributed by atoms with Gasteiger partial charge in [-0.15, -0.1) is 0 Å². The van der Waals surface area contributed by atoms with E-state index in [2.05, 4.69) is 20.4 Å². The molecule has 1 saturated heterocycles. The lowest BCUT2D eigenvalue weighted by atomic mass is 9.98. The van der Waals surface area contributed by atoms with Gasteiger partial charge in [-0.25, -0.2) is 4.39 Å². The summed E-state index contributed by atoms with van der Waals surface area (Å²) in [5, 5.41) is 14.5. The van der Waals surface area contributed by atoms with Crippen LogP contribution in [-0.2, 0) is 0 Å². The predicted molar refractivity (Wildman–Crippen MR) is 104 cm³/mol. The van der Waals surface area contributed by atoms with Gasteiger partial charge in [0.15, 0.2) is 0 Å². The number of aromatic amines is 2. The van der Waals surface area contributed by atoms with Gasteiger partial charge >= 0.3 is 0 Å². The minimum Gasteiger partial charge on any atom is -0.330 e. The number of hydrogen-bond donors (Lipinski definition) is 2. The summed E-state index contributed by atoms with van der Waals surface area (Å²) in [6, 6.07) is 7.85. The highest BCUT2D eigenvalue weighted by Crippen LogP contribution is 2.34. The topological polar surface area (TPSA) is 77.7 Å². The second-order valence-electron chi connectivity index (χ2n) is 7.39. The van der Waals surface area contributed by atoms with Crippen molar-refractivity contribution in [2.75, 3.05) is 6.54 Å². The summed E-state index contributed by atoms with van der Waals surface area (Å²) in [7, 11) is 0. The number of likely N-dealkylation sites (tertiary alicyclic amines) is 1. The van der Waals surface area contributed by atoms with Crippen LogP contribution in [0.4, 0.5) is 4.39 Å². The molecule has 0 unspecified atom stereocenters. The summed E-state index contributed by atoms with van der Waals surface area (Å²) in [4.78, 5) is 15.3. The number of aromatic nitrogens is 4. The Balaban J connectivity index is 1.64. The lowest BCUT2D eigenvalue weighted by Gasteiger charge is -2.30. The van der Waals surface area contributed by atoms with E-state index in [1.54, 1.807) is 18.2 Å². The SMILES string of the molecule is Cc1n[nH]c(C)c1[C@@H]1CCCCCN1C(=O)c1cc(-c2ccc(F)cc2)n[nH]1. The molecule has 3 heterocycles. The molecule has 0 saturated carbocycles. The molecule has 1 amide bonds. The van der Waals surface area contributed by atoms with Crippen molar-refractivity contribution in [3.05, 3.63) is 58.8 Å². The first-order chi connectivity index (χ1) is 13.5. The van der Waals surface area contributed by atoms with E-state index in [1.165, 1.54) is 12.1 Å². The molecule has 1 aromatic carbocycles. The Hall–Kier alpha value is -2.96. The molecule has 0 aliphatic carbocycles. The van der Waals surface area contributed by atoms with Crippen LogP contribution in [0.2, 0.25) is 0 Å². The molecule has 2 aromatic heterocycles. The van der Waals surface area contributed by atoms with Crippen LogP contribution in [0.1, 0.15) is 59.2 Å². The van der Waals surface area contributed by atoms with Crippen molar-refractivity contribution >= 4 is 5.91 Å². The molecular weight excluding hydrogens is 357 g/mol. The number of carbonyl (C=O) groups excluding carboxylic acids is 1. The Morgan fingerprint density at radius 1 is 1.11 bits per heavy atom. The first kappa shape index (κ1) is 18.4. The summed E-state index contributed by atoms with van der Waals surface area (Å²) >= 11 is 0. The summed E-state index contributed by atoms with van der Waals surface area (Å²) in [5.74, 6) is -0.360. The molecule has 7 heteroatoms. The molecule has 2 N–H and O–H groups in total. The van der Waals surface area contributed by atoms with Gasteiger partial charge in [0.2, 0.25) is 0 Å². The Labute approximate surface area is 163 Å². The van der Waals surface area contributed by atoms with Crippen LogP contribution in [0.25, 0.3) is 11.3 Å². The number of aryl methyl sites for hydroxylation is 2. The Bertz CT molecular complexity index is 956. The second kappa shape index (κ2) is 7.58. The van der Waals surface area contributed by atoms with Crippen molar-refractivity contribution in [3.63, 3.8) is 0 Å². The fourth-order valence-electron chi connectivity index (χ4n) is 4.06. The van der Waals surface area contributed by atoms with E-state index in [-0.39, 0.29) is 17.8 Å². The van der Waals surface area contributed by atoms with Crippen molar-refractivity contribution in [2.24, 2.45) is 0 Å². The molecule has 1 fully saturated rings. The van der Waals surface area contributed by atoms with Crippen molar-refractivity contribution < 1.29 is 9.18 Å². The van der Waals surface area contributed by atoms with Crippen molar-refractivity contribution in [1.82, 2.24) is 25.3 Å². The third-order valence-electron chi connectivity index (χ3n) is 5.48. The van der Waals surface area contributed by atoms with Gasteiger partial charge in [0.05, 0.1) is 17.4 Å². The third-order valence-corrected chi connectivity index (χ3v) is 5.48. The quantitative estimate of drug-likeness (QED) is 0.709. The second-order valence-corrected chi connectivity index (χ2v) is 7.39. The zero-order valence-corrected chi connectivity index (χ0v) is 16.1. The lowest BCUT2D eigenvalue weighted by Crippen LogP contribution is -2.35. The van der Waals surface area contributed by atoms with Crippen LogP contribution in [0.15, 0.2) is 30.3 Å². The normalized spacial score (nSPS) is 17.5. The van der Waals surface area contributed by atoms with E-state index < -0.39 is 0 Å². The number of rotatable bonds is 3. The highest BCUT2D eigenvalue weighted by molar-refractivity contribution is 5.93. The zero-order chi connectivity index (χ0) is 19.7. The molecule has 146 valence electrons. The number of hydrogen-bond acceptors (Lipinski definition) is 3. The standard InChI is InChI=1S/C21H24FN5O/c1-13-20(14(2)24-23-13)19-6-4-3-5-11-27(19)21(28)18-12-17(25-26-18)15-7-9-16(22)10-8-15/h7-10,12,19H,3-6,11H2,1-2H3,(H,23,24)(H,25,26)/t19-/m0/s1. The van der Waals surface area contributed by atoms with E-state index in [0.717, 1.165) is 48.2 Å². The lowest BCUT2D eigenvalue weighted by molar-refractivity contribution is 0.0674. The van der Waals surface area contributed by atoms with E-state index in [4.69, 9.17) is 0 Å². The van der Waals surface area contributed by atoms with E-state index in [9.17, 15) is 9.18 Å². The largest absolute Gasteiger partial charge is 0.330 e. The van der Waals surface area contributed by atoms with Gasteiger partial charge in [-0.3, -0.25) is 15.0 Å². The number of H-pyrrole nitrogens is 2. The van der Waals surface area contributed by atoms with E-state index in [0.29, 0.717) is 17.9 Å². The smallest absolute Gasteiger partial charge is 0.272 e. The third kappa shape index (κ3) is 3.44. The predicted octanol–water partition coefficient (Wildman–Crippen LogP) is 4.31. The van der Waals surface area contributed by atoms with Gasteiger partial charge in [-0.1, -0.05) is 12.8 Å². The Kier molecular flexibility index (Phi) is 4.98. The van der Waals surface area contributed by atoms with E-state index >= 15 is 0 Å². The molecule has 1 aliphatic rings. The molecule has 6 nitrogen and oxygen atoms in total. The van der Waals surface area contributed by atoms with Crippen LogP contribution in [0, 0.1) is 19.7 Å². The maximum atomic E-state index is 13.3. The van der Waals surface area contributed by atoms with Gasteiger partial charge in [-0.2, -0.15) is 10.2 Å². The molecule has 3 aromatic rings. The Morgan fingerprint density at radius 3 is 2.61 bits per heavy atom. The van der Waals surface area contributed by atoms with Crippen LogP contribution in [0.3, 0.4) is 0 Å². The molecule has 0 bridgehead atoms. The number of carbonyl (C=O) groups is 1. The van der Waals surface area contributed by atoms with Gasteiger partial charge in [0.1, 0.15) is 11.5 Å². The van der Waals surface area contributed by atoms with E-state index in [1.807, 2.05) is 18.7 Å². The molecule has 0 radical (unpaired) electrons. The Morgan fingerprint density at radius 2 is 1.89 bits per heavy atom. The average molecular weight is 381 g/mol. The molecule has 1 atom stereocenters. The van der Waals surface area contributed by atoms with Gasteiger partial charge < -0.3 is 4.90 Å². The van der Waals surface area contributed by atoms with Crippen LogP contribution < -0.4 is 0 Å². The maximum absolute atomic E-state index is 13.3. The fraction of sp³-hybridized carbons (Fsp3) is 0.381. The first-order valence-corrected chi connectivity index (χ1v) is 9.68. The fourth-order valence-corrected chi connectivity index (χ4v) is 4.06. The summed E-state index contributed by atoms with van der Waals surface area (Å²) in [6.07, 6.45) is 4.10. The minimum absolute atomic E-state index is 0.00585. The molecule has 0 spiro atoms. The summed E-state index contributed by atoms with van der Waals surface area (Å²) in [6.45, 7) is 4.69. The highest BCUT2D eigenvalue weighted by Gasteiger charge is 2.31. The van der Waals surface area contributed by atoms with Crippen molar-refractivity contribution in [3.8, 4) is 11.3 Å². The number of amides is 1. The number of nitrogens with zero attached hydrogens (tertiary/aromatic N) is 3. The van der Waals surface area contributed by atoms with Crippen LogP contribution in [0.5, 0.6) is 0 Å². The number of halogens is 1. The molecule has 1 aliphatic heterocycles. The maximum Gasteiger partial charge on any atom is 0.272 e. The van der Waals surface area contributed by atoms with Crippen molar-refractivity contribution in [2.45, 2.75) is 45.6 Å². The van der Waals surface area contributed by atoms with Crippen molar-refractivity contribution in [1.29, 1.82) is 0 Å². The highest BCUT2D eigenvalue weighted by atomic mass is 19.1. The van der Waals surface area contributed by atoms with Gasteiger partial charge in [0, 0.05) is 23.4 Å². The monoisotopic (exact) mass is 381 g/mol. The number of nitrogens with one attached hydrogen (secondary N) is 2. The summed E-state index contributed by atoms with van der Waals surface area (Å²) < 4.78 is 13.2. The molecular formula is C21H24FN5O. The van der Waals surface area contributed by atoms with Gasteiger partial charge in [-0.05, 0) is 57.0 Å². The summed E-state index contributed by atoms with van der Waals surface area (Å²) in [5.41, 5.74) is 4.92. The molecule has 4 rings (SSSR count). The zero-order valence-electron chi connectivity index (χ0n) is 16.1. The first-order valence-electron chi connectivity index (χ1n) is 9.68. The van der Waals surface area contributed by atoms with Crippen LogP contribution in [-0.4, -0.2) is 37.7 Å². The number of benzene rings is 1.